The van der Waals surface area contributed by atoms with Crippen molar-refractivity contribution in [1.82, 2.24) is 4.72 Å². The van der Waals surface area contributed by atoms with Crippen LogP contribution < -0.4 is 10.0 Å². The molecule has 0 aliphatic rings. The van der Waals surface area contributed by atoms with E-state index in [2.05, 4.69) is 10.0 Å². The molecule has 28 heavy (non-hydrogen) atoms. The number of nitrogens with one attached hydrogen (secondary N) is 2. The van der Waals surface area contributed by atoms with Gasteiger partial charge in [0.2, 0.25) is 15.9 Å². The molecule has 3 rings (SSSR count). The lowest BCUT2D eigenvalue weighted by Crippen LogP contribution is -2.33. The highest BCUT2D eigenvalue weighted by atomic mass is 32.2. The molecule has 0 unspecified atom stereocenters. The summed E-state index contributed by atoms with van der Waals surface area (Å²) >= 11 is 0. The van der Waals surface area contributed by atoms with E-state index in [0.29, 0.717) is 11.3 Å². The third kappa shape index (κ3) is 4.85. The van der Waals surface area contributed by atoms with Gasteiger partial charge in [-0.15, -0.1) is 0 Å². The van der Waals surface area contributed by atoms with Gasteiger partial charge in [0.05, 0.1) is 11.4 Å². The van der Waals surface area contributed by atoms with Crippen LogP contribution in [0.25, 0.3) is 11.1 Å². The van der Waals surface area contributed by atoms with E-state index < -0.39 is 15.9 Å². The molecule has 0 spiro atoms. The predicted molar refractivity (Wildman–Crippen MR) is 112 cm³/mol. The van der Waals surface area contributed by atoms with Gasteiger partial charge in [-0.2, -0.15) is 0 Å². The Hall–Kier alpha value is -2.96. The molecule has 0 fully saturated rings. The maximum atomic E-state index is 12.8. The monoisotopic (exact) mass is 394 g/mol. The van der Waals surface area contributed by atoms with Crippen LogP contribution in [0.3, 0.4) is 0 Å². The molecule has 5 nitrogen and oxygen atoms in total. The third-order valence-corrected chi connectivity index (χ3v) is 5.76. The highest BCUT2D eigenvalue weighted by molar-refractivity contribution is 7.89. The second-order valence-corrected chi connectivity index (χ2v) is 8.02. The molecular weight excluding hydrogens is 372 g/mol. The predicted octanol–water partition coefficient (Wildman–Crippen LogP) is 3.83. The standard InChI is InChI=1S/C22H22N2O3S/c1-2-17-9-8-12-19(15-17)24-22(25)16-23-28(26,27)21-14-7-6-13-20(21)18-10-4-3-5-11-18/h3-15,23H,2,16H2,1H3,(H,24,25). The molecule has 0 radical (unpaired) electrons. The van der Waals surface area contributed by atoms with E-state index in [-0.39, 0.29) is 11.4 Å². The van der Waals surface area contributed by atoms with Gasteiger partial charge in [-0.25, -0.2) is 13.1 Å². The summed E-state index contributed by atoms with van der Waals surface area (Å²) in [6, 6.07) is 23.5. The van der Waals surface area contributed by atoms with Crippen LogP contribution in [0.1, 0.15) is 12.5 Å². The van der Waals surface area contributed by atoms with Gasteiger partial charge < -0.3 is 5.32 Å². The largest absolute Gasteiger partial charge is 0.325 e. The van der Waals surface area contributed by atoms with Crippen LogP contribution in [0.2, 0.25) is 0 Å². The van der Waals surface area contributed by atoms with Crippen LogP contribution in [-0.2, 0) is 21.2 Å². The lowest BCUT2D eigenvalue weighted by molar-refractivity contribution is -0.115. The molecule has 0 aromatic heterocycles. The minimum atomic E-state index is -3.85. The fourth-order valence-corrected chi connectivity index (χ4v) is 4.08. The Morgan fingerprint density at radius 3 is 2.36 bits per heavy atom. The van der Waals surface area contributed by atoms with Crippen molar-refractivity contribution in [2.45, 2.75) is 18.2 Å². The molecule has 1 amide bonds. The number of rotatable bonds is 7. The number of benzene rings is 3. The molecule has 0 bridgehead atoms. The fraction of sp³-hybridized carbons (Fsp3) is 0.136. The summed E-state index contributed by atoms with van der Waals surface area (Å²) in [5.74, 6) is -0.422. The average Bonchev–Trinajstić information content (AvgIpc) is 2.73. The Labute approximate surface area is 165 Å². The second kappa shape index (κ2) is 8.82. The molecule has 0 saturated carbocycles. The van der Waals surface area contributed by atoms with Crippen LogP contribution in [0, 0.1) is 0 Å². The van der Waals surface area contributed by atoms with E-state index in [4.69, 9.17) is 0 Å². The quantitative estimate of drug-likeness (QED) is 0.639. The van der Waals surface area contributed by atoms with E-state index in [1.54, 1.807) is 24.3 Å². The molecule has 0 saturated heterocycles. The van der Waals surface area contributed by atoms with Crippen LogP contribution in [-0.4, -0.2) is 20.9 Å². The highest BCUT2D eigenvalue weighted by Gasteiger charge is 2.20. The Kier molecular flexibility index (Phi) is 6.23. The maximum absolute atomic E-state index is 12.8. The summed E-state index contributed by atoms with van der Waals surface area (Å²) in [4.78, 5) is 12.3. The van der Waals surface area contributed by atoms with Crippen LogP contribution in [0.4, 0.5) is 5.69 Å². The molecule has 3 aromatic rings. The first-order valence-corrected chi connectivity index (χ1v) is 10.5. The van der Waals surface area contributed by atoms with Gasteiger partial charge >= 0.3 is 0 Å². The zero-order chi connectivity index (χ0) is 20.0. The van der Waals surface area contributed by atoms with E-state index in [0.717, 1.165) is 17.5 Å². The van der Waals surface area contributed by atoms with Gasteiger partial charge in [-0.3, -0.25) is 4.79 Å². The number of aryl methyl sites for hydroxylation is 1. The van der Waals surface area contributed by atoms with Crippen molar-refractivity contribution in [3.63, 3.8) is 0 Å². The normalized spacial score (nSPS) is 11.2. The molecule has 6 heteroatoms. The zero-order valence-electron chi connectivity index (χ0n) is 15.6. The van der Waals surface area contributed by atoms with E-state index >= 15 is 0 Å². The van der Waals surface area contributed by atoms with Gasteiger partial charge in [0.1, 0.15) is 0 Å². The maximum Gasteiger partial charge on any atom is 0.241 e. The summed E-state index contributed by atoms with van der Waals surface area (Å²) in [6.45, 7) is 1.68. The van der Waals surface area contributed by atoms with Crippen molar-refractivity contribution in [3.05, 3.63) is 84.4 Å². The van der Waals surface area contributed by atoms with E-state index in [1.165, 1.54) is 6.07 Å². The van der Waals surface area contributed by atoms with E-state index in [1.807, 2.05) is 55.5 Å². The Balaban J connectivity index is 1.73. The SMILES string of the molecule is CCc1cccc(NC(=O)CNS(=O)(=O)c2ccccc2-c2ccccc2)c1. The van der Waals surface area contributed by atoms with Crippen molar-refractivity contribution < 1.29 is 13.2 Å². The molecule has 3 aromatic carbocycles. The second-order valence-electron chi connectivity index (χ2n) is 6.29. The van der Waals surface area contributed by atoms with Crippen molar-refractivity contribution in [1.29, 1.82) is 0 Å². The van der Waals surface area contributed by atoms with Crippen molar-refractivity contribution in [2.75, 3.05) is 11.9 Å². The minimum absolute atomic E-state index is 0.141. The molecule has 0 heterocycles. The van der Waals surface area contributed by atoms with Crippen LogP contribution >= 0.6 is 0 Å². The summed E-state index contributed by atoms with van der Waals surface area (Å²) in [7, 11) is -3.85. The van der Waals surface area contributed by atoms with Crippen LogP contribution in [0.5, 0.6) is 0 Å². The minimum Gasteiger partial charge on any atom is -0.325 e. The Bertz CT molecular complexity index is 1060. The number of carbonyl (C=O) groups excluding carboxylic acids is 1. The Morgan fingerprint density at radius 1 is 0.893 bits per heavy atom. The van der Waals surface area contributed by atoms with Gasteiger partial charge in [-0.1, -0.05) is 67.6 Å². The van der Waals surface area contributed by atoms with Gasteiger partial charge in [-0.05, 0) is 35.7 Å². The van der Waals surface area contributed by atoms with Gasteiger partial charge in [0.15, 0.2) is 0 Å². The number of hydrogen-bond acceptors (Lipinski definition) is 3. The number of carbonyl (C=O) groups is 1. The van der Waals surface area contributed by atoms with E-state index in [9.17, 15) is 13.2 Å². The van der Waals surface area contributed by atoms with Crippen molar-refractivity contribution in [3.8, 4) is 11.1 Å². The first-order valence-electron chi connectivity index (χ1n) is 9.02. The first-order chi connectivity index (χ1) is 13.5. The average molecular weight is 394 g/mol. The number of anilines is 1. The lowest BCUT2D eigenvalue weighted by Gasteiger charge is -2.12. The molecule has 0 aliphatic heterocycles. The number of sulfonamides is 1. The molecular formula is C22H22N2O3S. The Morgan fingerprint density at radius 2 is 1.61 bits per heavy atom. The van der Waals surface area contributed by atoms with Crippen LogP contribution in [0.15, 0.2) is 83.8 Å². The smallest absolute Gasteiger partial charge is 0.241 e. The zero-order valence-corrected chi connectivity index (χ0v) is 16.4. The molecule has 0 atom stereocenters. The summed E-state index contributed by atoms with van der Waals surface area (Å²) in [6.07, 6.45) is 0.854. The summed E-state index contributed by atoms with van der Waals surface area (Å²) < 4.78 is 28.0. The van der Waals surface area contributed by atoms with Crippen molar-refractivity contribution in [2.24, 2.45) is 0 Å². The van der Waals surface area contributed by atoms with Gasteiger partial charge in [0.25, 0.3) is 0 Å². The fourth-order valence-electron chi connectivity index (χ4n) is 2.87. The topological polar surface area (TPSA) is 75.3 Å². The molecule has 2 N–H and O–H groups in total. The number of amides is 1. The van der Waals surface area contributed by atoms with Gasteiger partial charge in [0, 0.05) is 11.3 Å². The first kappa shape index (κ1) is 19.8. The highest BCUT2D eigenvalue weighted by Crippen LogP contribution is 2.26. The lowest BCUT2D eigenvalue weighted by atomic mass is 10.1. The molecule has 144 valence electrons. The van der Waals surface area contributed by atoms with Crippen molar-refractivity contribution >= 4 is 21.6 Å². The summed E-state index contributed by atoms with van der Waals surface area (Å²) in [5.41, 5.74) is 3.12. The number of hydrogen-bond donors (Lipinski definition) is 2. The third-order valence-electron chi connectivity index (χ3n) is 4.30. The summed E-state index contributed by atoms with van der Waals surface area (Å²) in [5, 5.41) is 2.72. The molecule has 0 aliphatic carbocycles.